The third kappa shape index (κ3) is 6.28. The summed E-state index contributed by atoms with van der Waals surface area (Å²) < 4.78 is 0. The lowest BCUT2D eigenvalue weighted by Crippen LogP contribution is -2.31. The molecule has 8 heteroatoms. The highest BCUT2D eigenvalue weighted by Crippen LogP contribution is 2.34. The average Bonchev–Trinajstić information content (AvgIpc) is 3.05. The van der Waals surface area contributed by atoms with Crippen molar-refractivity contribution < 1.29 is 14.4 Å². The lowest BCUT2D eigenvalue weighted by atomic mass is 9.87. The molecule has 1 saturated heterocycles. The number of primary amides is 1. The molecule has 6 rings (SSSR count). The van der Waals surface area contributed by atoms with Gasteiger partial charge < -0.3 is 21.3 Å². The minimum absolute atomic E-state index is 0.0393. The van der Waals surface area contributed by atoms with Crippen molar-refractivity contribution in [1.82, 2.24) is 10.3 Å². The van der Waals surface area contributed by atoms with Crippen molar-refractivity contribution in [2.24, 2.45) is 5.73 Å². The van der Waals surface area contributed by atoms with Crippen LogP contribution >= 0.6 is 0 Å². The van der Waals surface area contributed by atoms with E-state index < -0.39 is 5.91 Å². The van der Waals surface area contributed by atoms with Gasteiger partial charge in [-0.2, -0.15) is 0 Å². The number of anilines is 2. The van der Waals surface area contributed by atoms with Crippen molar-refractivity contribution in [3.63, 3.8) is 0 Å². The second-order valence-electron chi connectivity index (χ2n) is 11.2. The molecular weight excluding hydrogens is 538 g/mol. The number of hydrogen-bond acceptors (Lipinski definition) is 5. The van der Waals surface area contributed by atoms with E-state index in [0.29, 0.717) is 28.1 Å². The van der Waals surface area contributed by atoms with Crippen LogP contribution in [0.25, 0.3) is 11.3 Å². The highest BCUT2D eigenvalue weighted by atomic mass is 16.2. The fraction of sp³-hybridized carbons (Fsp3) is 0.257. The molecule has 1 unspecified atom stereocenters. The first-order valence-electron chi connectivity index (χ1n) is 14.9. The Morgan fingerprint density at radius 2 is 1.58 bits per heavy atom. The van der Waals surface area contributed by atoms with Gasteiger partial charge in [0.25, 0.3) is 11.8 Å². The largest absolute Gasteiger partial charge is 0.372 e. The van der Waals surface area contributed by atoms with Gasteiger partial charge in [-0.1, -0.05) is 30.3 Å². The highest BCUT2D eigenvalue weighted by molar-refractivity contribution is 6.08. The van der Waals surface area contributed by atoms with E-state index in [4.69, 9.17) is 5.73 Å². The van der Waals surface area contributed by atoms with Gasteiger partial charge in [0.2, 0.25) is 5.91 Å². The number of carbonyl (C=O) groups is 3. The lowest BCUT2D eigenvalue weighted by Gasteiger charge is -2.29. The predicted molar refractivity (Wildman–Crippen MR) is 168 cm³/mol. The Balaban J connectivity index is 1.31. The molecule has 4 aromatic rings. The van der Waals surface area contributed by atoms with Gasteiger partial charge in [-0.3, -0.25) is 19.4 Å². The molecule has 1 aliphatic heterocycles. The first-order chi connectivity index (χ1) is 21.0. The van der Waals surface area contributed by atoms with Crippen LogP contribution in [0.15, 0.2) is 85.1 Å². The minimum atomic E-state index is -0.600. The average molecular weight is 574 g/mol. The molecule has 1 fully saturated rings. The zero-order valence-electron chi connectivity index (χ0n) is 24.0. The molecular formula is C35H35N5O3. The fourth-order valence-corrected chi connectivity index (χ4v) is 6.07. The molecule has 43 heavy (non-hydrogen) atoms. The highest BCUT2D eigenvalue weighted by Gasteiger charge is 2.23. The standard InChI is InChI=1S/C35H35N5O3/c36-33(41)24-10-6-11-25(20-24)34(42)39-31-15-14-27(40-18-4-1-5-19-40)22-29(31)32-21-26(16-17-37-32)35(43)38-30-13-7-9-23-8-2-3-12-28(23)30/h2-3,6,8,10-12,14-17,20-22,30H,1,4-5,7,9,13,18-19H2,(H2,36,41)(H,38,43)(H,39,42). The smallest absolute Gasteiger partial charge is 0.255 e. The van der Waals surface area contributed by atoms with Gasteiger partial charge in [0.15, 0.2) is 0 Å². The summed E-state index contributed by atoms with van der Waals surface area (Å²) in [5, 5.41) is 6.23. The maximum Gasteiger partial charge on any atom is 0.255 e. The molecule has 2 aliphatic rings. The maximum atomic E-state index is 13.5. The molecule has 8 nitrogen and oxygen atoms in total. The number of aryl methyl sites for hydroxylation is 1. The van der Waals surface area contributed by atoms with Crippen molar-refractivity contribution in [1.29, 1.82) is 0 Å². The topological polar surface area (TPSA) is 117 Å². The molecule has 2 heterocycles. The SMILES string of the molecule is NC(=O)c1cccc(C(=O)Nc2ccc(N3CCCCC3)cc2-c2cc(C(=O)NC3CCCc4ccccc43)ccn2)c1. The molecule has 218 valence electrons. The number of nitrogens with one attached hydrogen (secondary N) is 2. The third-order valence-corrected chi connectivity index (χ3v) is 8.35. The molecule has 0 saturated carbocycles. The van der Waals surface area contributed by atoms with Gasteiger partial charge in [0, 0.05) is 47.2 Å². The summed E-state index contributed by atoms with van der Waals surface area (Å²) in [5.74, 6) is -1.14. The Hall–Kier alpha value is -4.98. The summed E-state index contributed by atoms with van der Waals surface area (Å²) in [6, 6.07) is 24.0. The quantitative estimate of drug-likeness (QED) is 0.255. The Kier molecular flexibility index (Phi) is 8.18. The third-order valence-electron chi connectivity index (χ3n) is 8.35. The zero-order chi connectivity index (χ0) is 29.8. The van der Waals surface area contributed by atoms with Crippen LogP contribution in [0.3, 0.4) is 0 Å². The molecule has 0 radical (unpaired) electrons. The van der Waals surface area contributed by atoms with Crippen molar-refractivity contribution in [2.45, 2.75) is 44.6 Å². The number of pyridine rings is 1. The predicted octanol–water partition coefficient (Wildman–Crippen LogP) is 5.90. The monoisotopic (exact) mass is 573 g/mol. The number of fused-ring (bicyclic) bond motifs is 1. The van der Waals surface area contributed by atoms with Crippen LogP contribution in [-0.2, 0) is 6.42 Å². The summed E-state index contributed by atoms with van der Waals surface area (Å²) in [6.45, 7) is 1.92. The van der Waals surface area contributed by atoms with Gasteiger partial charge in [0.1, 0.15) is 0 Å². The van der Waals surface area contributed by atoms with Crippen LogP contribution in [0.4, 0.5) is 11.4 Å². The van der Waals surface area contributed by atoms with Crippen LogP contribution < -0.4 is 21.3 Å². The normalized spacial score (nSPS) is 16.2. The lowest BCUT2D eigenvalue weighted by molar-refractivity contribution is 0.0931. The Morgan fingerprint density at radius 3 is 2.42 bits per heavy atom. The number of benzene rings is 3. The van der Waals surface area contributed by atoms with E-state index in [-0.39, 0.29) is 23.4 Å². The van der Waals surface area contributed by atoms with Crippen LogP contribution in [0, 0.1) is 0 Å². The maximum absolute atomic E-state index is 13.5. The second-order valence-corrected chi connectivity index (χ2v) is 11.2. The number of nitrogens with zero attached hydrogens (tertiary/aromatic N) is 2. The fourth-order valence-electron chi connectivity index (χ4n) is 6.07. The van der Waals surface area contributed by atoms with Gasteiger partial charge in [0.05, 0.1) is 17.4 Å². The van der Waals surface area contributed by atoms with Crippen molar-refractivity contribution >= 4 is 29.1 Å². The summed E-state index contributed by atoms with van der Waals surface area (Å²) in [6.07, 6.45) is 8.05. The van der Waals surface area contributed by atoms with E-state index >= 15 is 0 Å². The Labute approximate surface area is 251 Å². The number of rotatable bonds is 7. The first kappa shape index (κ1) is 28.2. The van der Waals surface area contributed by atoms with E-state index in [1.165, 1.54) is 23.6 Å². The van der Waals surface area contributed by atoms with Crippen LogP contribution in [0.1, 0.15) is 80.3 Å². The van der Waals surface area contributed by atoms with E-state index in [9.17, 15) is 14.4 Å². The molecule has 4 N–H and O–H groups in total. The van der Waals surface area contributed by atoms with E-state index in [2.05, 4.69) is 32.7 Å². The van der Waals surface area contributed by atoms with Crippen molar-refractivity contribution in [3.05, 3.63) is 113 Å². The van der Waals surface area contributed by atoms with Crippen molar-refractivity contribution in [3.8, 4) is 11.3 Å². The molecule has 1 aliphatic carbocycles. The number of hydrogen-bond donors (Lipinski definition) is 3. The molecule has 0 bridgehead atoms. The van der Waals surface area contributed by atoms with Crippen LogP contribution in [-0.4, -0.2) is 35.8 Å². The number of aromatic nitrogens is 1. The van der Waals surface area contributed by atoms with Gasteiger partial charge >= 0.3 is 0 Å². The number of carbonyl (C=O) groups excluding carboxylic acids is 3. The van der Waals surface area contributed by atoms with E-state index in [0.717, 1.165) is 50.9 Å². The Morgan fingerprint density at radius 1 is 0.791 bits per heavy atom. The van der Waals surface area contributed by atoms with E-state index in [1.807, 2.05) is 30.3 Å². The van der Waals surface area contributed by atoms with Crippen LogP contribution in [0.5, 0.6) is 0 Å². The van der Waals surface area contributed by atoms with Gasteiger partial charge in [-0.25, -0.2) is 0 Å². The molecule has 1 aromatic heterocycles. The van der Waals surface area contributed by atoms with Gasteiger partial charge in [-0.15, -0.1) is 0 Å². The summed E-state index contributed by atoms with van der Waals surface area (Å²) >= 11 is 0. The molecule has 1 atom stereocenters. The summed E-state index contributed by atoms with van der Waals surface area (Å²) in [4.78, 5) is 45.4. The Bertz CT molecular complexity index is 1680. The minimum Gasteiger partial charge on any atom is -0.372 e. The number of nitrogens with two attached hydrogens (primary N) is 1. The number of piperidine rings is 1. The summed E-state index contributed by atoms with van der Waals surface area (Å²) in [7, 11) is 0. The zero-order valence-corrected chi connectivity index (χ0v) is 24.0. The van der Waals surface area contributed by atoms with E-state index in [1.54, 1.807) is 36.5 Å². The molecule has 0 spiro atoms. The molecule has 3 aromatic carbocycles. The number of amides is 3. The molecule has 3 amide bonds. The van der Waals surface area contributed by atoms with Crippen LogP contribution in [0.2, 0.25) is 0 Å². The summed E-state index contributed by atoms with van der Waals surface area (Å²) in [5.41, 5.74) is 11.9. The van der Waals surface area contributed by atoms with Gasteiger partial charge in [-0.05, 0) is 98.2 Å². The van der Waals surface area contributed by atoms with Crippen molar-refractivity contribution in [2.75, 3.05) is 23.3 Å². The first-order valence-corrected chi connectivity index (χ1v) is 14.9. The second kappa shape index (κ2) is 12.5.